The molecule has 11 aromatic rings. The van der Waals surface area contributed by atoms with Crippen LogP contribution in [0.5, 0.6) is 0 Å². The van der Waals surface area contributed by atoms with Gasteiger partial charge in [-0.3, -0.25) is 0 Å². The maximum absolute atomic E-state index is 8.57. The highest BCUT2D eigenvalue weighted by Crippen LogP contribution is 2.52. The van der Waals surface area contributed by atoms with Gasteiger partial charge in [-0.25, -0.2) is 4.85 Å². The van der Waals surface area contributed by atoms with E-state index in [9.17, 15) is 0 Å². The van der Waals surface area contributed by atoms with Gasteiger partial charge >= 0.3 is 0 Å². The molecule has 12 rings (SSSR count). The SMILES string of the molecule is [C-]#[N+]c1cccc(-c2ccccc2-n2c3ccccc3c3c4c(ccc32)oc2ccccc24)c1-n1c2ccccc2c2cc3c(cc21)C(C)(C)c1ccccc1-3. The maximum Gasteiger partial charge on any atom is 0.211 e. The molecule has 0 bridgehead atoms. The highest BCUT2D eigenvalue weighted by Gasteiger charge is 2.36. The summed E-state index contributed by atoms with van der Waals surface area (Å²) < 4.78 is 11.1. The summed E-state index contributed by atoms with van der Waals surface area (Å²) in [6.45, 7) is 13.2. The summed E-state index contributed by atoms with van der Waals surface area (Å²) in [7, 11) is 0. The first-order chi connectivity index (χ1) is 27.5. The minimum absolute atomic E-state index is 0.168. The van der Waals surface area contributed by atoms with Gasteiger partial charge in [-0.15, -0.1) is 0 Å². The fourth-order valence-corrected chi connectivity index (χ4v) is 9.91. The van der Waals surface area contributed by atoms with Crippen LogP contribution in [0, 0.1) is 6.57 Å². The Morgan fingerprint density at radius 1 is 0.464 bits per heavy atom. The third kappa shape index (κ3) is 3.96. The molecule has 0 radical (unpaired) electrons. The number of aromatic nitrogens is 2. The smallest absolute Gasteiger partial charge is 0.211 e. The van der Waals surface area contributed by atoms with Crippen LogP contribution in [0.3, 0.4) is 0 Å². The van der Waals surface area contributed by atoms with Crippen LogP contribution in [0.2, 0.25) is 0 Å². The maximum atomic E-state index is 8.57. The van der Waals surface area contributed by atoms with Gasteiger partial charge in [-0.1, -0.05) is 129 Å². The Morgan fingerprint density at radius 2 is 1.14 bits per heavy atom. The van der Waals surface area contributed by atoms with Crippen molar-refractivity contribution >= 4 is 71.2 Å². The van der Waals surface area contributed by atoms with Gasteiger partial charge in [-0.2, -0.15) is 0 Å². The Morgan fingerprint density at radius 3 is 1.98 bits per heavy atom. The molecule has 56 heavy (non-hydrogen) atoms. The van der Waals surface area contributed by atoms with Gasteiger partial charge in [0.25, 0.3) is 0 Å². The molecule has 0 aliphatic heterocycles. The molecule has 0 atom stereocenters. The van der Waals surface area contributed by atoms with Crippen LogP contribution in [-0.4, -0.2) is 9.13 Å². The zero-order chi connectivity index (χ0) is 37.3. The summed E-state index contributed by atoms with van der Waals surface area (Å²) in [5.74, 6) is 0. The van der Waals surface area contributed by atoms with Crippen molar-refractivity contribution in [2.24, 2.45) is 0 Å². The molecule has 262 valence electrons. The van der Waals surface area contributed by atoms with Gasteiger partial charge < -0.3 is 13.6 Å². The second-order valence-corrected chi connectivity index (χ2v) is 15.5. The molecule has 3 heterocycles. The van der Waals surface area contributed by atoms with E-state index < -0.39 is 0 Å². The molecule has 0 saturated heterocycles. The van der Waals surface area contributed by atoms with Crippen LogP contribution in [0.15, 0.2) is 168 Å². The Kier molecular flexibility index (Phi) is 6.15. The lowest BCUT2D eigenvalue weighted by Crippen LogP contribution is -2.15. The zero-order valence-corrected chi connectivity index (χ0v) is 30.8. The molecule has 1 aliphatic carbocycles. The number of fused-ring (bicyclic) bond motifs is 13. The molecule has 0 amide bonds. The summed E-state index contributed by atoms with van der Waals surface area (Å²) in [4.78, 5) is 4.22. The van der Waals surface area contributed by atoms with Gasteiger partial charge in [0.1, 0.15) is 11.2 Å². The van der Waals surface area contributed by atoms with Crippen molar-refractivity contribution in [1.29, 1.82) is 0 Å². The quantitative estimate of drug-likeness (QED) is 0.167. The Balaban J connectivity index is 1.18. The largest absolute Gasteiger partial charge is 0.456 e. The van der Waals surface area contributed by atoms with Crippen molar-refractivity contribution in [2.45, 2.75) is 19.3 Å². The average molecular weight is 716 g/mol. The van der Waals surface area contributed by atoms with E-state index >= 15 is 0 Å². The van der Waals surface area contributed by atoms with E-state index in [1.165, 1.54) is 43.8 Å². The number of rotatable bonds is 3. The first-order valence-electron chi connectivity index (χ1n) is 19.1. The van der Waals surface area contributed by atoms with Gasteiger partial charge in [0, 0.05) is 43.3 Å². The normalized spacial score (nSPS) is 13.3. The fourth-order valence-electron chi connectivity index (χ4n) is 9.91. The van der Waals surface area contributed by atoms with Crippen molar-refractivity contribution in [3.8, 4) is 33.6 Å². The molecule has 0 fully saturated rings. The second kappa shape index (κ2) is 11.1. The van der Waals surface area contributed by atoms with Crippen LogP contribution in [0.25, 0.3) is 104 Å². The number of hydrogen-bond donors (Lipinski definition) is 0. The monoisotopic (exact) mass is 715 g/mol. The van der Waals surface area contributed by atoms with Gasteiger partial charge in [0.2, 0.25) is 5.69 Å². The molecular weight excluding hydrogens is 683 g/mol. The number of benzene rings is 8. The summed E-state index contributed by atoms with van der Waals surface area (Å²) in [5.41, 5.74) is 15.8. The minimum atomic E-state index is -0.168. The molecular formula is C52H33N3O. The number of nitrogens with zero attached hydrogens (tertiary/aromatic N) is 3. The molecule has 0 spiro atoms. The van der Waals surface area contributed by atoms with E-state index in [1.54, 1.807) is 0 Å². The summed E-state index contributed by atoms with van der Waals surface area (Å²) in [6, 6.07) is 58.4. The van der Waals surface area contributed by atoms with E-state index in [0.29, 0.717) is 5.69 Å². The Labute approximate surface area is 322 Å². The third-order valence-corrected chi connectivity index (χ3v) is 12.3. The molecule has 1 aliphatic rings. The van der Waals surface area contributed by atoms with Crippen molar-refractivity contribution < 1.29 is 4.42 Å². The lowest BCUT2D eigenvalue weighted by atomic mass is 9.82. The zero-order valence-electron chi connectivity index (χ0n) is 30.8. The second-order valence-electron chi connectivity index (χ2n) is 15.5. The van der Waals surface area contributed by atoms with E-state index in [-0.39, 0.29) is 5.41 Å². The van der Waals surface area contributed by atoms with Gasteiger partial charge in [0.05, 0.1) is 40.0 Å². The van der Waals surface area contributed by atoms with Crippen LogP contribution in [0.4, 0.5) is 5.69 Å². The topological polar surface area (TPSA) is 27.4 Å². The number of hydrogen-bond acceptors (Lipinski definition) is 1. The molecule has 4 nitrogen and oxygen atoms in total. The van der Waals surface area contributed by atoms with Crippen molar-refractivity contribution in [3.05, 3.63) is 186 Å². The molecule has 0 saturated carbocycles. The van der Waals surface area contributed by atoms with Crippen LogP contribution in [-0.2, 0) is 5.41 Å². The van der Waals surface area contributed by atoms with Crippen LogP contribution >= 0.6 is 0 Å². The van der Waals surface area contributed by atoms with Crippen LogP contribution < -0.4 is 0 Å². The lowest BCUT2D eigenvalue weighted by Gasteiger charge is -2.22. The van der Waals surface area contributed by atoms with Crippen molar-refractivity contribution in [1.82, 2.24) is 9.13 Å². The van der Waals surface area contributed by atoms with Gasteiger partial charge in [-0.05, 0) is 76.3 Å². The predicted octanol–water partition coefficient (Wildman–Crippen LogP) is 14.3. The Bertz CT molecular complexity index is 3530. The molecule has 0 N–H and O–H groups in total. The highest BCUT2D eigenvalue weighted by molar-refractivity contribution is 6.27. The highest BCUT2D eigenvalue weighted by atomic mass is 16.3. The molecule has 3 aromatic heterocycles. The number of furan rings is 1. The first-order valence-corrected chi connectivity index (χ1v) is 19.1. The van der Waals surface area contributed by atoms with Crippen molar-refractivity contribution in [2.75, 3.05) is 0 Å². The standard InChI is InChI=1S/C52H33N3O/c1-52(2)39-21-9-4-15-31(39)37-29-38-33-17-6-11-24-43(33)55(46(38)30-40(37)52)51-34(20-14-22-41(51)53-3)32-16-5-10-23-42(32)54-44-25-12-7-18-35(44)49-45(54)27-28-48-50(49)36-19-8-13-26-47(36)56-48/h4-30H,1-2H3. The molecule has 0 unspecified atom stereocenters. The molecule has 8 aromatic carbocycles. The van der Waals surface area contributed by atoms with E-state index in [4.69, 9.17) is 11.0 Å². The van der Waals surface area contributed by atoms with E-state index in [1.807, 2.05) is 24.3 Å². The van der Waals surface area contributed by atoms with Gasteiger partial charge in [0.15, 0.2) is 0 Å². The van der Waals surface area contributed by atoms with Crippen molar-refractivity contribution in [3.63, 3.8) is 0 Å². The van der Waals surface area contributed by atoms with E-state index in [2.05, 4.69) is 167 Å². The summed E-state index contributed by atoms with van der Waals surface area (Å²) in [5, 5.41) is 6.94. The fraction of sp³-hybridized carbons (Fsp3) is 0.0577. The lowest BCUT2D eigenvalue weighted by molar-refractivity contribution is 0.661. The van der Waals surface area contributed by atoms with E-state index in [0.717, 1.165) is 66.5 Å². The summed E-state index contributed by atoms with van der Waals surface area (Å²) in [6.07, 6.45) is 0. The minimum Gasteiger partial charge on any atom is -0.456 e. The summed E-state index contributed by atoms with van der Waals surface area (Å²) >= 11 is 0. The third-order valence-electron chi connectivity index (χ3n) is 12.3. The average Bonchev–Trinajstić information content (AvgIpc) is 3.95. The predicted molar refractivity (Wildman–Crippen MR) is 232 cm³/mol. The number of para-hydroxylation sites is 5. The Hall–Kier alpha value is -7.35. The molecule has 4 heteroatoms. The van der Waals surface area contributed by atoms with Crippen LogP contribution in [0.1, 0.15) is 25.0 Å². The first kappa shape index (κ1) is 31.0.